The standard InChI is InChI=1S/C14H19BrN2O/c1-14(5-3-2-4-6-14)10-17-13(18)11-7-12(15)9-16-8-11/h7-9H,2-6,10H2,1H3,(H,17,18). The van der Waals surface area contributed by atoms with Crippen LogP contribution in [0.4, 0.5) is 0 Å². The largest absolute Gasteiger partial charge is 0.351 e. The summed E-state index contributed by atoms with van der Waals surface area (Å²) in [5, 5.41) is 3.04. The Morgan fingerprint density at radius 2 is 2.11 bits per heavy atom. The summed E-state index contributed by atoms with van der Waals surface area (Å²) in [7, 11) is 0. The molecule has 1 aromatic heterocycles. The van der Waals surface area contributed by atoms with Gasteiger partial charge in [0.25, 0.3) is 5.91 Å². The first-order valence-corrected chi connectivity index (χ1v) is 7.27. The van der Waals surface area contributed by atoms with Crippen molar-refractivity contribution in [1.82, 2.24) is 10.3 Å². The van der Waals surface area contributed by atoms with Gasteiger partial charge in [0.2, 0.25) is 0 Å². The van der Waals surface area contributed by atoms with Crippen molar-refractivity contribution in [3.05, 3.63) is 28.5 Å². The molecule has 98 valence electrons. The third-order valence-electron chi connectivity index (χ3n) is 3.70. The van der Waals surface area contributed by atoms with E-state index in [-0.39, 0.29) is 11.3 Å². The average Bonchev–Trinajstić information content (AvgIpc) is 2.37. The minimum absolute atomic E-state index is 0.0319. The van der Waals surface area contributed by atoms with Gasteiger partial charge < -0.3 is 5.32 Å². The molecule has 0 aliphatic heterocycles. The van der Waals surface area contributed by atoms with Gasteiger partial charge in [0, 0.05) is 23.4 Å². The Bertz CT molecular complexity index is 428. The fourth-order valence-electron chi connectivity index (χ4n) is 2.51. The van der Waals surface area contributed by atoms with Crippen LogP contribution in [-0.2, 0) is 0 Å². The molecule has 1 aromatic rings. The van der Waals surface area contributed by atoms with E-state index >= 15 is 0 Å². The fraction of sp³-hybridized carbons (Fsp3) is 0.571. The van der Waals surface area contributed by atoms with E-state index in [1.165, 1.54) is 32.1 Å². The summed E-state index contributed by atoms with van der Waals surface area (Å²) in [6, 6.07) is 1.80. The molecular formula is C14H19BrN2O. The van der Waals surface area contributed by atoms with Gasteiger partial charge in [-0.25, -0.2) is 0 Å². The van der Waals surface area contributed by atoms with Crippen LogP contribution in [0.25, 0.3) is 0 Å². The summed E-state index contributed by atoms with van der Waals surface area (Å²) in [6.07, 6.45) is 9.60. The Labute approximate surface area is 117 Å². The smallest absolute Gasteiger partial charge is 0.252 e. The maximum atomic E-state index is 12.0. The molecule has 0 aromatic carbocycles. The molecule has 4 heteroatoms. The van der Waals surface area contributed by atoms with Crippen molar-refractivity contribution in [3.63, 3.8) is 0 Å². The van der Waals surface area contributed by atoms with E-state index in [9.17, 15) is 4.79 Å². The molecule has 1 amide bonds. The van der Waals surface area contributed by atoms with E-state index in [1.54, 1.807) is 18.5 Å². The predicted octanol–water partition coefficient (Wildman–Crippen LogP) is 3.54. The monoisotopic (exact) mass is 310 g/mol. The lowest BCUT2D eigenvalue weighted by Gasteiger charge is -2.33. The van der Waals surface area contributed by atoms with Crippen LogP contribution in [0.15, 0.2) is 22.9 Å². The van der Waals surface area contributed by atoms with Crippen LogP contribution in [0.3, 0.4) is 0 Å². The van der Waals surface area contributed by atoms with Gasteiger partial charge in [0.15, 0.2) is 0 Å². The van der Waals surface area contributed by atoms with Crippen LogP contribution in [0, 0.1) is 5.41 Å². The fourth-order valence-corrected chi connectivity index (χ4v) is 2.88. The Morgan fingerprint density at radius 1 is 1.39 bits per heavy atom. The zero-order chi connectivity index (χ0) is 13.0. The molecule has 1 saturated carbocycles. The molecule has 1 aliphatic rings. The molecule has 0 atom stereocenters. The highest BCUT2D eigenvalue weighted by Gasteiger charge is 2.27. The summed E-state index contributed by atoms with van der Waals surface area (Å²) in [5.41, 5.74) is 0.886. The van der Waals surface area contributed by atoms with E-state index in [0.29, 0.717) is 5.56 Å². The highest BCUT2D eigenvalue weighted by molar-refractivity contribution is 9.10. The maximum absolute atomic E-state index is 12.0. The zero-order valence-corrected chi connectivity index (χ0v) is 12.3. The molecule has 0 bridgehead atoms. The normalized spacial score (nSPS) is 18.3. The third kappa shape index (κ3) is 3.55. The second kappa shape index (κ2) is 5.83. The van der Waals surface area contributed by atoms with E-state index in [1.807, 2.05) is 0 Å². The SMILES string of the molecule is CC1(CNC(=O)c2cncc(Br)c2)CCCCC1. The lowest BCUT2D eigenvalue weighted by atomic mass is 9.76. The number of hydrogen-bond donors (Lipinski definition) is 1. The predicted molar refractivity (Wildman–Crippen MR) is 75.5 cm³/mol. The summed E-state index contributed by atoms with van der Waals surface area (Å²) < 4.78 is 0.832. The van der Waals surface area contributed by atoms with Crippen molar-refractivity contribution < 1.29 is 4.79 Å². The third-order valence-corrected chi connectivity index (χ3v) is 4.14. The van der Waals surface area contributed by atoms with Gasteiger partial charge in [0.1, 0.15) is 0 Å². The summed E-state index contributed by atoms with van der Waals surface area (Å²) in [4.78, 5) is 16.0. The molecule has 0 spiro atoms. The lowest BCUT2D eigenvalue weighted by molar-refractivity contribution is 0.0919. The second-order valence-corrected chi connectivity index (χ2v) is 6.36. The van der Waals surface area contributed by atoms with Gasteiger partial charge in [-0.05, 0) is 40.3 Å². The summed E-state index contributed by atoms with van der Waals surface area (Å²) in [5.74, 6) is -0.0319. The lowest BCUT2D eigenvalue weighted by Crippen LogP contribution is -2.37. The Morgan fingerprint density at radius 3 is 2.78 bits per heavy atom. The van der Waals surface area contributed by atoms with Gasteiger partial charge >= 0.3 is 0 Å². The first-order valence-electron chi connectivity index (χ1n) is 6.48. The number of carbonyl (C=O) groups excluding carboxylic acids is 1. The number of rotatable bonds is 3. The van der Waals surface area contributed by atoms with Crippen LogP contribution in [0.5, 0.6) is 0 Å². The van der Waals surface area contributed by atoms with E-state index in [4.69, 9.17) is 0 Å². The molecule has 0 radical (unpaired) electrons. The quantitative estimate of drug-likeness (QED) is 0.927. The second-order valence-electron chi connectivity index (χ2n) is 5.45. The maximum Gasteiger partial charge on any atom is 0.252 e. The number of halogens is 1. The average molecular weight is 311 g/mol. The van der Waals surface area contributed by atoms with Crippen molar-refractivity contribution in [1.29, 1.82) is 0 Å². The number of aromatic nitrogens is 1. The van der Waals surface area contributed by atoms with Gasteiger partial charge in [-0.3, -0.25) is 9.78 Å². The molecule has 0 saturated heterocycles. The van der Waals surface area contributed by atoms with Gasteiger partial charge in [-0.15, -0.1) is 0 Å². The van der Waals surface area contributed by atoms with Crippen LogP contribution < -0.4 is 5.32 Å². The van der Waals surface area contributed by atoms with Crippen LogP contribution in [-0.4, -0.2) is 17.4 Å². The first-order chi connectivity index (χ1) is 8.59. The van der Waals surface area contributed by atoms with Crippen molar-refractivity contribution in [3.8, 4) is 0 Å². The summed E-state index contributed by atoms with van der Waals surface area (Å²) in [6.45, 7) is 3.03. The number of hydrogen-bond acceptors (Lipinski definition) is 2. The molecule has 0 unspecified atom stereocenters. The van der Waals surface area contributed by atoms with Crippen LogP contribution >= 0.6 is 15.9 Å². The van der Waals surface area contributed by atoms with Crippen LogP contribution in [0.1, 0.15) is 49.4 Å². The van der Waals surface area contributed by atoms with Gasteiger partial charge in [-0.1, -0.05) is 26.2 Å². The highest BCUT2D eigenvalue weighted by atomic mass is 79.9. The Hall–Kier alpha value is -0.900. The number of nitrogens with zero attached hydrogens (tertiary/aromatic N) is 1. The molecule has 2 rings (SSSR count). The Balaban J connectivity index is 1.92. The molecule has 1 heterocycles. The van der Waals surface area contributed by atoms with Crippen molar-refractivity contribution >= 4 is 21.8 Å². The molecule has 18 heavy (non-hydrogen) atoms. The van der Waals surface area contributed by atoms with Gasteiger partial charge in [0.05, 0.1) is 5.56 Å². The minimum atomic E-state index is -0.0319. The van der Waals surface area contributed by atoms with Crippen molar-refractivity contribution in [2.75, 3.05) is 6.54 Å². The van der Waals surface area contributed by atoms with Gasteiger partial charge in [-0.2, -0.15) is 0 Å². The van der Waals surface area contributed by atoms with Crippen molar-refractivity contribution in [2.45, 2.75) is 39.0 Å². The minimum Gasteiger partial charge on any atom is -0.351 e. The van der Waals surface area contributed by atoms with Crippen LogP contribution in [0.2, 0.25) is 0 Å². The topological polar surface area (TPSA) is 42.0 Å². The molecule has 1 aliphatic carbocycles. The molecule has 1 N–H and O–H groups in total. The van der Waals surface area contributed by atoms with Crippen molar-refractivity contribution in [2.24, 2.45) is 5.41 Å². The Kier molecular flexibility index (Phi) is 4.38. The molecule has 3 nitrogen and oxygen atoms in total. The number of carbonyl (C=O) groups is 1. The highest BCUT2D eigenvalue weighted by Crippen LogP contribution is 2.34. The van der Waals surface area contributed by atoms with E-state index < -0.39 is 0 Å². The van der Waals surface area contributed by atoms with E-state index in [0.717, 1.165) is 11.0 Å². The first kappa shape index (κ1) is 13.5. The number of nitrogens with one attached hydrogen (secondary N) is 1. The summed E-state index contributed by atoms with van der Waals surface area (Å²) >= 11 is 3.33. The number of pyridine rings is 1. The molecule has 1 fully saturated rings. The van der Waals surface area contributed by atoms with E-state index in [2.05, 4.69) is 33.2 Å². The zero-order valence-electron chi connectivity index (χ0n) is 10.7. The molecular weight excluding hydrogens is 292 g/mol. The number of amides is 1.